The molecular weight excluding hydrogens is 218 g/mol. The Morgan fingerprint density at radius 1 is 1.24 bits per heavy atom. The first-order valence-electron chi connectivity index (χ1n) is 6.63. The van der Waals surface area contributed by atoms with Gasteiger partial charge in [0.05, 0.1) is 12.7 Å². The van der Waals surface area contributed by atoms with Gasteiger partial charge in [0.15, 0.2) is 0 Å². The molecule has 0 atom stereocenters. The van der Waals surface area contributed by atoms with Gasteiger partial charge in [0.2, 0.25) is 0 Å². The molecule has 1 aliphatic rings. The minimum atomic E-state index is 0.470. The Bertz CT molecular complexity index is 191. The van der Waals surface area contributed by atoms with Gasteiger partial charge in [-0.3, -0.25) is 0 Å². The van der Waals surface area contributed by atoms with Crippen LogP contribution in [0.1, 0.15) is 32.1 Å². The molecule has 0 aromatic rings. The van der Waals surface area contributed by atoms with E-state index < -0.39 is 0 Å². The fraction of sp³-hybridized carbons (Fsp3) is 0.923. The van der Waals surface area contributed by atoms with E-state index in [1.165, 1.54) is 6.42 Å². The lowest BCUT2D eigenvalue weighted by Crippen LogP contribution is -2.37. The van der Waals surface area contributed by atoms with Gasteiger partial charge in [-0.1, -0.05) is 0 Å². The third-order valence-electron chi connectivity index (χ3n) is 3.26. The number of nitrogens with zero attached hydrogens (tertiary/aromatic N) is 1. The highest BCUT2D eigenvalue weighted by Gasteiger charge is 2.17. The maximum atomic E-state index is 10.1. The van der Waals surface area contributed by atoms with Crippen LogP contribution in [0.2, 0.25) is 0 Å². The van der Waals surface area contributed by atoms with Gasteiger partial charge in [-0.2, -0.15) is 0 Å². The number of aldehydes is 1. The van der Waals surface area contributed by atoms with Crippen LogP contribution in [0.5, 0.6) is 0 Å². The van der Waals surface area contributed by atoms with E-state index in [1.54, 1.807) is 7.11 Å². The molecule has 4 nitrogen and oxygen atoms in total. The van der Waals surface area contributed by atoms with Crippen molar-refractivity contribution in [2.75, 3.05) is 40.0 Å². The summed E-state index contributed by atoms with van der Waals surface area (Å²) in [5.41, 5.74) is 0. The molecule has 1 fully saturated rings. The van der Waals surface area contributed by atoms with E-state index in [1.807, 2.05) is 0 Å². The van der Waals surface area contributed by atoms with Crippen molar-refractivity contribution < 1.29 is 14.3 Å². The maximum Gasteiger partial charge on any atom is 0.122 e. The van der Waals surface area contributed by atoms with E-state index >= 15 is 0 Å². The predicted octanol–water partition coefficient (Wildman–Crippen LogP) is 1.48. The normalized spacial score (nSPS) is 18.4. The second-order valence-electron chi connectivity index (χ2n) is 4.55. The Morgan fingerprint density at radius 3 is 2.65 bits per heavy atom. The van der Waals surface area contributed by atoms with Crippen LogP contribution < -0.4 is 0 Å². The van der Waals surface area contributed by atoms with E-state index in [0.29, 0.717) is 19.1 Å². The molecule has 0 amide bonds. The number of methoxy groups -OCH3 is 1. The predicted molar refractivity (Wildman–Crippen MR) is 67.2 cm³/mol. The van der Waals surface area contributed by atoms with Gasteiger partial charge in [0, 0.05) is 33.2 Å². The van der Waals surface area contributed by atoms with Crippen molar-refractivity contribution in [3.8, 4) is 0 Å². The van der Waals surface area contributed by atoms with Gasteiger partial charge in [-0.25, -0.2) is 0 Å². The molecule has 17 heavy (non-hydrogen) atoms. The smallest absolute Gasteiger partial charge is 0.122 e. The molecular formula is C13H25NO3. The second kappa shape index (κ2) is 9.57. The zero-order chi connectivity index (χ0) is 12.3. The molecule has 0 unspecified atom stereocenters. The standard InChI is InChI=1S/C13H25NO3/c1-16-13-5-8-14(9-6-13)7-2-3-11-17-12-4-10-15/h10,13H,2-9,11-12H2,1H3. The molecule has 4 heteroatoms. The molecule has 0 bridgehead atoms. The zero-order valence-corrected chi connectivity index (χ0v) is 10.9. The lowest BCUT2D eigenvalue weighted by atomic mass is 10.1. The van der Waals surface area contributed by atoms with Crippen LogP contribution in [0.4, 0.5) is 0 Å². The summed E-state index contributed by atoms with van der Waals surface area (Å²) in [5, 5.41) is 0. The first kappa shape index (κ1) is 14.6. The minimum absolute atomic E-state index is 0.470. The van der Waals surface area contributed by atoms with Crippen LogP contribution in [0.15, 0.2) is 0 Å². The van der Waals surface area contributed by atoms with Crippen molar-refractivity contribution in [3.63, 3.8) is 0 Å². The van der Waals surface area contributed by atoms with E-state index in [4.69, 9.17) is 9.47 Å². The molecule has 0 radical (unpaired) electrons. The lowest BCUT2D eigenvalue weighted by molar-refractivity contribution is -0.108. The van der Waals surface area contributed by atoms with Crippen LogP contribution in [-0.4, -0.2) is 57.2 Å². The Hall–Kier alpha value is -0.450. The average Bonchev–Trinajstić information content (AvgIpc) is 2.38. The van der Waals surface area contributed by atoms with Crippen molar-refractivity contribution in [1.82, 2.24) is 4.90 Å². The number of hydrogen-bond donors (Lipinski definition) is 0. The molecule has 0 spiro atoms. The van der Waals surface area contributed by atoms with Crippen LogP contribution in [0.25, 0.3) is 0 Å². The number of likely N-dealkylation sites (tertiary alicyclic amines) is 1. The first-order chi connectivity index (χ1) is 8.36. The Kier molecular flexibility index (Phi) is 8.22. The SMILES string of the molecule is COC1CCN(CCCCOCCC=O)CC1. The van der Waals surface area contributed by atoms with E-state index in [0.717, 1.165) is 51.8 Å². The van der Waals surface area contributed by atoms with Gasteiger partial charge in [-0.15, -0.1) is 0 Å². The van der Waals surface area contributed by atoms with E-state index in [2.05, 4.69) is 4.90 Å². The van der Waals surface area contributed by atoms with Crippen LogP contribution in [0.3, 0.4) is 0 Å². The van der Waals surface area contributed by atoms with E-state index in [9.17, 15) is 4.79 Å². The first-order valence-corrected chi connectivity index (χ1v) is 6.63. The number of carbonyl (C=O) groups is 1. The third kappa shape index (κ3) is 6.76. The summed E-state index contributed by atoms with van der Waals surface area (Å²) >= 11 is 0. The van der Waals surface area contributed by atoms with Crippen molar-refractivity contribution in [1.29, 1.82) is 0 Å². The summed E-state index contributed by atoms with van der Waals surface area (Å²) in [6.07, 6.45) is 6.48. The summed E-state index contributed by atoms with van der Waals surface area (Å²) in [7, 11) is 1.80. The topological polar surface area (TPSA) is 38.8 Å². The highest BCUT2D eigenvalue weighted by molar-refractivity contribution is 5.49. The van der Waals surface area contributed by atoms with Gasteiger partial charge in [0.1, 0.15) is 6.29 Å². The van der Waals surface area contributed by atoms with Gasteiger partial charge >= 0.3 is 0 Å². The number of hydrogen-bond acceptors (Lipinski definition) is 4. The number of carbonyl (C=O) groups excluding carboxylic acids is 1. The van der Waals surface area contributed by atoms with Crippen molar-refractivity contribution in [2.24, 2.45) is 0 Å². The quantitative estimate of drug-likeness (QED) is 0.454. The number of rotatable bonds is 9. The zero-order valence-electron chi connectivity index (χ0n) is 10.9. The summed E-state index contributed by atoms with van der Waals surface area (Å²) in [6, 6.07) is 0. The molecule has 1 heterocycles. The molecule has 0 N–H and O–H groups in total. The fourth-order valence-corrected chi connectivity index (χ4v) is 2.14. The molecule has 100 valence electrons. The Morgan fingerprint density at radius 2 is 2.00 bits per heavy atom. The second-order valence-corrected chi connectivity index (χ2v) is 4.55. The summed E-state index contributed by atoms with van der Waals surface area (Å²) in [6.45, 7) is 4.83. The van der Waals surface area contributed by atoms with Crippen molar-refractivity contribution in [2.45, 2.75) is 38.2 Å². The van der Waals surface area contributed by atoms with Crippen molar-refractivity contribution >= 4 is 6.29 Å². The van der Waals surface area contributed by atoms with Gasteiger partial charge in [0.25, 0.3) is 0 Å². The third-order valence-corrected chi connectivity index (χ3v) is 3.26. The summed E-state index contributed by atoms with van der Waals surface area (Å²) in [4.78, 5) is 12.6. The molecule has 1 aliphatic heterocycles. The number of unbranched alkanes of at least 4 members (excludes halogenated alkanes) is 1. The van der Waals surface area contributed by atoms with Crippen LogP contribution in [-0.2, 0) is 14.3 Å². The van der Waals surface area contributed by atoms with E-state index in [-0.39, 0.29) is 0 Å². The fourth-order valence-electron chi connectivity index (χ4n) is 2.14. The Balaban J connectivity index is 1.88. The highest BCUT2D eigenvalue weighted by atomic mass is 16.5. The Labute approximate surface area is 104 Å². The molecule has 0 aromatic carbocycles. The van der Waals surface area contributed by atoms with Crippen LogP contribution >= 0.6 is 0 Å². The molecule has 0 saturated carbocycles. The molecule has 0 aliphatic carbocycles. The summed E-state index contributed by atoms with van der Waals surface area (Å²) in [5.74, 6) is 0. The highest BCUT2D eigenvalue weighted by Crippen LogP contribution is 2.13. The maximum absolute atomic E-state index is 10.1. The monoisotopic (exact) mass is 243 g/mol. The van der Waals surface area contributed by atoms with Gasteiger partial charge in [-0.05, 0) is 32.2 Å². The lowest BCUT2D eigenvalue weighted by Gasteiger charge is -2.31. The van der Waals surface area contributed by atoms with Gasteiger partial charge < -0.3 is 19.2 Å². The molecule has 1 saturated heterocycles. The largest absolute Gasteiger partial charge is 0.381 e. The van der Waals surface area contributed by atoms with Crippen molar-refractivity contribution in [3.05, 3.63) is 0 Å². The minimum Gasteiger partial charge on any atom is -0.381 e. The number of piperidine rings is 1. The average molecular weight is 243 g/mol. The van der Waals surface area contributed by atoms with Crippen LogP contribution in [0, 0.1) is 0 Å². The molecule has 1 rings (SSSR count). The summed E-state index contributed by atoms with van der Waals surface area (Å²) < 4.78 is 10.7. The number of ether oxygens (including phenoxy) is 2. The molecule has 0 aromatic heterocycles.